The third kappa shape index (κ3) is 3.73. The third-order valence-corrected chi connectivity index (χ3v) is 4.30. The SMILES string of the molecule is N#CCSc1nnc(Cc2ccccc2)n1-c1ccc(Cl)cc1. The molecular weight excluding hydrogens is 328 g/mol. The van der Waals surface area contributed by atoms with Gasteiger partial charge in [-0.1, -0.05) is 53.7 Å². The van der Waals surface area contributed by atoms with Gasteiger partial charge in [0.15, 0.2) is 5.16 Å². The summed E-state index contributed by atoms with van der Waals surface area (Å²) in [6, 6.07) is 19.8. The molecule has 23 heavy (non-hydrogen) atoms. The quantitative estimate of drug-likeness (QED) is 0.655. The lowest BCUT2D eigenvalue weighted by atomic mass is 10.1. The minimum atomic E-state index is 0.330. The maximum absolute atomic E-state index is 8.82. The minimum Gasteiger partial charge on any atom is -0.274 e. The minimum absolute atomic E-state index is 0.330. The largest absolute Gasteiger partial charge is 0.274 e. The average molecular weight is 341 g/mol. The van der Waals surface area contributed by atoms with Gasteiger partial charge in [-0.3, -0.25) is 4.57 Å². The van der Waals surface area contributed by atoms with E-state index in [4.69, 9.17) is 16.9 Å². The van der Waals surface area contributed by atoms with Gasteiger partial charge in [-0.2, -0.15) is 5.26 Å². The van der Waals surface area contributed by atoms with Crippen LogP contribution in [0, 0.1) is 11.3 Å². The van der Waals surface area contributed by atoms with Crippen molar-refractivity contribution in [1.82, 2.24) is 14.8 Å². The second-order valence-electron chi connectivity index (χ2n) is 4.82. The zero-order chi connectivity index (χ0) is 16.1. The molecule has 0 saturated heterocycles. The molecule has 0 bridgehead atoms. The standard InChI is InChI=1S/C17H13ClN4S/c18-14-6-8-15(9-7-14)22-16(12-13-4-2-1-3-5-13)20-21-17(22)23-11-10-19/h1-9H,11-12H2. The van der Waals surface area contributed by atoms with Crippen LogP contribution in [0.5, 0.6) is 0 Å². The molecule has 0 fully saturated rings. The number of nitrogens with zero attached hydrogens (tertiary/aromatic N) is 4. The van der Waals surface area contributed by atoms with Crippen LogP contribution in [0.4, 0.5) is 0 Å². The molecule has 0 atom stereocenters. The van der Waals surface area contributed by atoms with E-state index in [1.54, 1.807) is 0 Å². The Hall–Kier alpha value is -2.29. The van der Waals surface area contributed by atoms with Crippen molar-refractivity contribution in [3.8, 4) is 11.8 Å². The molecule has 1 aromatic heterocycles. The van der Waals surface area contributed by atoms with Crippen LogP contribution in [-0.4, -0.2) is 20.5 Å². The summed E-state index contributed by atoms with van der Waals surface area (Å²) in [6.07, 6.45) is 0.670. The summed E-state index contributed by atoms with van der Waals surface area (Å²) in [5.41, 5.74) is 2.10. The van der Waals surface area contributed by atoms with Gasteiger partial charge < -0.3 is 0 Å². The fourth-order valence-electron chi connectivity index (χ4n) is 2.23. The Morgan fingerprint density at radius 2 is 1.78 bits per heavy atom. The predicted octanol–water partition coefficient (Wildman–Crippen LogP) is 4.13. The number of hydrogen-bond acceptors (Lipinski definition) is 4. The molecule has 0 aliphatic rings. The number of benzene rings is 2. The fraction of sp³-hybridized carbons (Fsp3) is 0.118. The van der Waals surface area contributed by atoms with Crippen molar-refractivity contribution in [2.24, 2.45) is 0 Å². The van der Waals surface area contributed by atoms with E-state index in [0.717, 1.165) is 17.1 Å². The zero-order valence-corrected chi connectivity index (χ0v) is 13.8. The smallest absolute Gasteiger partial charge is 0.196 e. The molecule has 0 aliphatic carbocycles. The van der Waals surface area contributed by atoms with Crippen molar-refractivity contribution in [2.75, 3.05) is 5.75 Å². The molecule has 0 amide bonds. The molecule has 3 rings (SSSR count). The summed E-state index contributed by atoms with van der Waals surface area (Å²) in [7, 11) is 0. The summed E-state index contributed by atoms with van der Waals surface area (Å²) in [5.74, 6) is 1.16. The topological polar surface area (TPSA) is 54.5 Å². The number of halogens is 1. The molecule has 0 radical (unpaired) electrons. The van der Waals surface area contributed by atoms with E-state index >= 15 is 0 Å². The van der Waals surface area contributed by atoms with Crippen LogP contribution in [0.15, 0.2) is 59.8 Å². The zero-order valence-electron chi connectivity index (χ0n) is 12.2. The monoisotopic (exact) mass is 340 g/mol. The highest BCUT2D eigenvalue weighted by atomic mass is 35.5. The lowest BCUT2D eigenvalue weighted by molar-refractivity contribution is 0.849. The van der Waals surface area contributed by atoms with Gasteiger partial charge in [0.05, 0.1) is 11.8 Å². The molecule has 0 N–H and O–H groups in total. The average Bonchev–Trinajstić information content (AvgIpc) is 2.97. The van der Waals surface area contributed by atoms with E-state index in [9.17, 15) is 0 Å². The van der Waals surface area contributed by atoms with Crippen LogP contribution in [0.1, 0.15) is 11.4 Å². The highest BCUT2D eigenvalue weighted by Gasteiger charge is 2.14. The van der Waals surface area contributed by atoms with E-state index in [1.807, 2.05) is 47.0 Å². The van der Waals surface area contributed by atoms with E-state index in [1.165, 1.54) is 11.8 Å². The number of thioether (sulfide) groups is 1. The Morgan fingerprint density at radius 1 is 1.04 bits per heavy atom. The van der Waals surface area contributed by atoms with Crippen molar-refractivity contribution in [3.63, 3.8) is 0 Å². The van der Waals surface area contributed by atoms with Crippen molar-refractivity contribution in [1.29, 1.82) is 5.26 Å². The van der Waals surface area contributed by atoms with Gasteiger partial charge in [0.25, 0.3) is 0 Å². The first-order chi connectivity index (χ1) is 11.3. The maximum atomic E-state index is 8.82. The molecule has 6 heteroatoms. The van der Waals surface area contributed by atoms with Gasteiger partial charge in [-0.25, -0.2) is 0 Å². The molecule has 114 valence electrons. The van der Waals surface area contributed by atoms with Gasteiger partial charge >= 0.3 is 0 Å². The molecule has 0 unspecified atom stereocenters. The van der Waals surface area contributed by atoms with E-state index in [-0.39, 0.29) is 0 Å². The Kier molecular flexibility index (Phi) is 4.96. The van der Waals surface area contributed by atoms with Gasteiger partial charge in [0, 0.05) is 17.1 Å². The molecule has 0 spiro atoms. The van der Waals surface area contributed by atoms with Gasteiger partial charge in [0.1, 0.15) is 5.82 Å². The van der Waals surface area contributed by atoms with Crippen molar-refractivity contribution < 1.29 is 0 Å². The Bertz CT molecular complexity index is 822. The van der Waals surface area contributed by atoms with Crippen LogP contribution in [0.2, 0.25) is 5.02 Å². The molecule has 3 aromatic rings. The molecule has 0 saturated carbocycles. The first-order valence-corrected chi connectivity index (χ1v) is 8.38. The van der Waals surface area contributed by atoms with Crippen molar-refractivity contribution in [3.05, 3.63) is 71.0 Å². The maximum Gasteiger partial charge on any atom is 0.196 e. The summed E-state index contributed by atoms with van der Waals surface area (Å²) in [4.78, 5) is 0. The van der Waals surface area contributed by atoms with Crippen molar-refractivity contribution in [2.45, 2.75) is 11.6 Å². The molecule has 4 nitrogen and oxygen atoms in total. The molecular formula is C17H13ClN4S. The highest BCUT2D eigenvalue weighted by Crippen LogP contribution is 2.24. The van der Waals surface area contributed by atoms with Crippen LogP contribution >= 0.6 is 23.4 Å². The molecule has 2 aromatic carbocycles. The Balaban J connectivity index is 2.00. The number of nitriles is 1. The summed E-state index contributed by atoms with van der Waals surface area (Å²) < 4.78 is 1.98. The fourth-order valence-corrected chi connectivity index (χ4v) is 2.99. The number of hydrogen-bond donors (Lipinski definition) is 0. The first-order valence-electron chi connectivity index (χ1n) is 7.02. The first kappa shape index (κ1) is 15.6. The lowest BCUT2D eigenvalue weighted by Crippen LogP contribution is -2.03. The van der Waals surface area contributed by atoms with E-state index < -0.39 is 0 Å². The van der Waals surface area contributed by atoms with Crippen LogP contribution in [0.25, 0.3) is 5.69 Å². The summed E-state index contributed by atoms with van der Waals surface area (Å²) in [5, 5.41) is 18.8. The predicted molar refractivity (Wildman–Crippen MR) is 92.0 cm³/mol. The van der Waals surface area contributed by atoms with E-state index in [2.05, 4.69) is 28.4 Å². The molecule has 0 aliphatic heterocycles. The van der Waals surface area contributed by atoms with Gasteiger partial charge in [-0.05, 0) is 29.8 Å². The molecule has 1 heterocycles. The number of aromatic nitrogens is 3. The van der Waals surface area contributed by atoms with Crippen LogP contribution < -0.4 is 0 Å². The number of rotatable bonds is 5. The van der Waals surface area contributed by atoms with Crippen LogP contribution in [-0.2, 0) is 6.42 Å². The second-order valence-corrected chi connectivity index (χ2v) is 6.20. The third-order valence-electron chi connectivity index (χ3n) is 3.26. The van der Waals surface area contributed by atoms with Crippen LogP contribution in [0.3, 0.4) is 0 Å². The van der Waals surface area contributed by atoms with E-state index in [0.29, 0.717) is 22.4 Å². The summed E-state index contributed by atoms with van der Waals surface area (Å²) in [6.45, 7) is 0. The van der Waals surface area contributed by atoms with Gasteiger partial charge in [-0.15, -0.1) is 10.2 Å². The normalized spacial score (nSPS) is 10.4. The summed E-state index contributed by atoms with van der Waals surface area (Å²) >= 11 is 7.35. The highest BCUT2D eigenvalue weighted by molar-refractivity contribution is 7.99. The Labute approximate surface area is 143 Å². The lowest BCUT2D eigenvalue weighted by Gasteiger charge is -2.10. The van der Waals surface area contributed by atoms with Gasteiger partial charge in [0.2, 0.25) is 0 Å². The second kappa shape index (κ2) is 7.32. The Morgan fingerprint density at radius 3 is 2.48 bits per heavy atom. The van der Waals surface area contributed by atoms with Crippen molar-refractivity contribution >= 4 is 23.4 Å².